The van der Waals surface area contributed by atoms with Crippen molar-refractivity contribution >= 4 is 12.0 Å². The van der Waals surface area contributed by atoms with E-state index in [1.165, 1.54) is 18.5 Å². The molecule has 0 aliphatic rings. The van der Waals surface area contributed by atoms with Crippen molar-refractivity contribution in [2.24, 2.45) is 0 Å². The molecule has 74 valence electrons. The maximum Gasteiger partial charge on any atom is 1.00 e. The molecule has 1 aromatic heterocycles. The number of pyridine rings is 1. The number of nitrogens with zero attached hydrogens (tertiary/aromatic N) is 1. The second kappa shape index (κ2) is 6.74. The summed E-state index contributed by atoms with van der Waals surface area (Å²) in [5.74, 6) is -1.29. The molecule has 0 radical (unpaired) electrons. The van der Waals surface area contributed by atoms with E-state index < -0.39 is 5.97 Å². The van der Waals surface area contributed by atoms with E-state index >= 15 is 0 Å². The van der Waals surface area contributed by atoms with Crippen molar-refractivity contribution in [3.8, 4) is 0 Å². The van der Waals surface area contributed by atoms with Gasteiger partial charge in [0, 0.05) is 24.6 Å². The minimum atomic E-state index is -1.29. The third-order valence-corrected chi connectivity index (χ3v) is 1.89. The topological polar surface area (TPSA) is 73.2 Å². The van der Waals surface area contributed by atoms with E-state index in [0.717, 1.165) is 0 Å². The molecule has 0 atom stereocenters. The van der Waals surface area contributed by atoms with Crippen molar-refractivity contribution < 1.29 is 44.6 Å². The second-order valence-corrected chi connectivity index (χ2v) is 2.72. The van der Waals surface area contributed by atoms with Crippen LogP contribution < -0.4 is 34.7 Å². The summed E-state index contributed by atoms with van der Waals surface area (Å²) in [6.45, 7) is 3.42. The van der Waals surface area contributed by atoms with Gasteiger partial charge in [-0.05, 0) is 17.5 Å². The van der Waals surface area contributed by atoms with Crippen LogP contribution in [0, 0.1) is 0 Å². The number of carboxylic acids is 1. The van der Waals surface area contributed by atoms with Gasteiger partial charge in [0.1, 0.15) is 0 Å². The summed E-state index contributed by atoms with van der Waals surface area (Å²) in [7, 11) is 0. The number of hydrogen-bond acceptors (Lipinski definition) is 4. The third kappa shape index (κ3) is 3.43. The minimum Gasteiger partial charge on any atom is -0.545 e. The number of rotatable bonds is 4. The Hall–Kier alpha value is -0.680. The molecule has 0 fully saturated rings. The van der Waals surface area contributed by atoms with Crippen molar-refractivity contribution in [3.05, 3.63) is 35.7 Å². The Bertz CT molecular complexity index is 366. The molecule has 5 heteroatoms. The Morgan fingerprint density at radius 2 is 2.27 bits per heavy atom. The second-order valence-electron chi connectivity index (χ2n) is 2.72. The first-order valence-electron chi connectivity index (χ1n) is 4.12. The maximum absolute atomic E-state index is 10.7. The van der Waals surface area contributed by atoms with Crippen LogP contribution in [0.15, 0.2) is 19.0 Å². The van der Waals surface area contributed by atoms with Crippen LogP contribution in [0.2, 0.25) is 0 Å². The van der Waals surface area contributed by atoms with Crippen LogP contribution in [0.1, 0.15) is 21.5 Å². The van der Waals surface area contributed by atoms with Crippen molar-refractivity contribution in [2.75, 3.05) is 6.61 Å². The molecule has 0 unspecified atom stereocenters. The Morgan fingerprint density at radius 1 is 1.60 bits per heavy atom. The molecule has 0 saturated heterocycles. The van der Waals surface area contributed by atoms with Gasteiger partial charge >= 0.3 is 29.6 Å². The summed E-state index contributed by atoms with van der Waals surface area (Å²) >= 11 is 0. The summed E-state index contributed by atoms with van der Waals surface area (Å²) in [5, 5.41) is 19.5. The van der Waals surface area contributed by atoms with Crippen molar-refractivity contribution in [2.45, 2.75) is 6.42 Å². The van der Waals surface area contributed by atoms with E-state index in [0.29, 0.717) is 11.1 Å². The van der Waals surface area contributed by atoms with Gasteiger partial charge in [-0.2, -0.15) is 0 Å². The molecule has 0 saturated carbocycles. The molecule has 0 amide bonds. The zero-order valence-electron chi connectivity index (χ0n) is 8.56. The van der Waals surface area contributed by atoms with Crippen LogP contribution in [0.4, 0.5) is 0 Å². The number of aromatic nitrogens is 1. The molecule has 15 heavy (non-hydrogen) atoms. The van der Waals surface area contributed by atoms with E-state index in [9.17, 15) is 9.90 Å². The number of carbonyl (C=O) groups is 1. The first-order chi connectivity index (χ1) is 6.70. The minimum absolute atomic E-state index is 0. The van der Waals surface area contributed by atoms with Gasteiger partial charge in [-0.1, -0.05) is 12.7 Å². The zero-order valence-corrected chi connectivity index (χ0v) is 10.6. The largest absolute Gasteiger partial charge is 1.00 e. The van der Waals surface area contributed by atoms with Crippen molar-refractivity contribution in [3.63, 3.8) is 0 Å². The number of aliphatic hydroxyl groups is 1. The van der Waals surface area contributed by atoms with E-state index in [1.54, 1.807) is 0 Å². The normalized spacial score (nSPS) is 9.13. The molecule has 0 aromatic carbocycles. The Labute approximate surface area is 110 Å². The zero-order chi connectivity index (χ0) is 10.6. The van der Waals surface area contributed by atoms with Gasteiger partial charge in [-0.3, -0.25) is 4.98 Å². The molecule has 1 N–H and O–H groups in total. The molecule has 1 heterocycles. The SMILES string of the molecule is C=Cc1cncc(C(=O)[O-])c1CCO.[Na+]. The van der Waals surface area contributed by atoms with Crippen LogP contribution in [0.3, 0.4) is 0 Å². The van der Waals surface area contributed by atoms with E-state index in [1.807, 2.05) is 0 Å². The van der Waals surface area contributed by atoms with Crippen LogP contribution in [0.25, 0.3) is 6.08 Å². The Kier molecular flexibility index (Phi) is 6.43. The van der Waals surface area contributed by atoms with Crippen molar-refractivity contribution in [1.29, 1.82) is 0 Å². The van der Waals surface area contributed by atoms with Gasteiger partial charge in [-0.15, -0.1) is 0 Å². The van der Waals surface area contributed by atoms with Crippen LogP contribution in [0.5, 0.6) is 0 Å². The van der Waals surface area contributed by atoms with Gasteiger partial charge in [-0.25, -0.2) is 0 Å². The van der Waals surface area contributed by atoms with Gasteiger partial charge in [0.25, 0.3) is 0 Å². The molecule has 0 aliphatic heterocycles. The number of hydrogen-bond donors (Lipinski definition) is 1. The molecular formula is C10H10NNaO3. The van der Waals surface area contributed by atoms with Gasteiger partial charge in [0.15, 0.2) is 0 Å². The Balaban J connectivity index is 0.00000196. The summed E-state index contributed by atoms with van der Waals surface area (Å²) in [4.78, 5) is 14.4. The number of aromatic carboxylic acids is 1. The fourth-order valence-corrected chi connectivity index (χ4v) is 1.25. The summed E-state index contributed by atoms with van der Waals surface area (Å²) in [6.07, 6.45) is 4.48. The van der Waals surface area contributed by atoms with Crippen molar-refractivity contribution in [1.82, 2.24) is 4.98 Å². The third-order valence-electron chi connectivity index (χ3n) is 1.89. The molecule has 4 nitrogen and oxygen atoms in total. The Morgan fingerprint density at radius 3 is 2.73 bits per heavy atom. The predicted molar refractivity (Wildman–Crippen MR) is 49.4 cm³/mol. The fraction of sp³-hybridized carbons (Fsp3) is 0.200. The van der Waals surface area contributed by atoms with Crippen LogP contribution in [-0.4, -0.2) is 22.7 Å². The maximum atomic E-state index is 10.7. The van der Waals surface area contributed by atoms with E-state index in [-0.39, 0.29) is 48.1 Å². The number of aliphatic hydroxyl groups excluding tert-OH is 1. The molecular weight excluding hydrogens is 205 g/mol. The predicted octanol–water partition coefficient (Wildman–Crippen LogP) is -3.37. The van der Waals surface area contributed by atoms with Gasteiger partial charge in [0.2, 0.25) is 0 Å². The van der Waals surface area contributed by atoms with Crippen LogP contribution >= 0.6 is 0 Å². The molecule has 1 aromatic rings. The van der Waals surface area contributed by atoms with E-state index in [2.05, 4.69) is 11.6 Å². The van der Waals surface area contributed by atoms with Gasteiger partial charge < -0.3 is 15.0 Å². The summed E-state index contributed by atoms with van der Waals surface area (Å²) < 4.78 is 0. The standard InChI is InChI=1S/C10H11NO3.Na/c1-2-7-5-11-6-9(10(13)14)8(7)3-4-12;/h2,5-6,12H,1,3-4H2,(H,13,14);/q;+1/p-1. The fourth-order valence-electron chi connectivity index (χ4n) is 1.25. The number of carbonyl (C=O) groups excluding carboxylic acids is 1. The quantitative estimate of drug-likeness (QED) is 0.532. The van der Waals surface area contributed by atoms with E-state index in [4.69, 9.17) is 5.11 Å². The molecule has 0 bridgehead atoms. The average molecular weight is 215 g/mol. The molecule has 0 aliphatic carbocycles. The summed E-state index contributed by atoms with van der Waals surface area (Å²) in [5.41, 5.74) is 1.13. The first kappa shape index (κ1) is 14.3. The molecule has 0 spiro atoms. The molecule has 1 rings (SSSR count). The van der Waals surface area contributed by atoms with Gasteiger partial charge in [0.05, 0.1) is 5.97 Å². The average Bonchev–Trinajstić information content (AvgIpc) is 2.18. The monoisotopic (exact) mass is 215 g/mol. The number of carboxylic acid groups (broad SMARTS) is 1. The smallest absolute Gasteiger partial charge is 0.545 e. The van der Waals surface area contributed by atoms with Crippen LogP contribution in [-0.2, 0) is 6.42 Å². The first-order valence-corrected chi connectivity index (χ1v) is 4.12. The summed E-state index contributed by atoms with van der Waals surface area (Å²) in [6, 6.07) is 0.